The standard InChI is InChI=1S/C17H17BrClN/c18-15-7-1-12(2-8-15)11-20-17(13-3-4-13)14-5-9-16(19)10-6-14/h1-2,5-10,13,17,20H,3-4,11H2. The molecule has 1 atom stereocenters. The van der Waals surface area contributed by atoms with E-state index in [2.05, 4.69) is 57.6 Å². The van der Waals surface area contributed by atoms with Crippen molar-refractivity contribution in [2.24, 2.45) is 5.92 Å². The van der Waals surface area contributed by atoms with E-state index < -0.39 is 0 Å². The van der Waals surface area contributed by atoms with Crippen LogP contribution >= 0.6 is 27.5 Å². The first-order valence-corrected chi connectivity index (χ1v) is 8.13. The largest absolute Gasteiger partial charge is 0.306 e. The molecule has 0 aromatic heterocycles. The lowest BCUT2D eigenvalue weighted by atomic mass is 10.0. The maximum absolute atomic E-state index is 5.97. The van der Waals surface area contributed by atoms with E-state index in [4.69, 9.17) is 11.6 Å². The molecule has 0 radical (unpaired) electrons. The van der Waals surface area contributed by atoms with Crippen LogP contribution in [-0.2, 0) is 6.54 Å². The van der Waals surface area contributed by atoms with Gasteiger partial charge in [-0.3, -0.25) is 0 Å². The quantitative estimate of drug-likeness (QED) is 0.767. The summed E-state index contributed by atoms with van der Waals surface area (Å²) in [5, 5.41) is 4.50. The molecule has 1 unspecified atom stereocenters. The summed E-state index contributed by atoms with van der Waals surface area (Å²) in [7, 11) is 0. The fourth-order valence-corrected chi connectivity index (χ4v) is 2.88. The average Bonchev–Trinajstić information content (AvgIpc) is 3.28. The van der Waals surface area contributed by atoms with Gasteiger partial charge in [-0.15, -0.1) is 0 Å². The highest BCUT2D eigenvalue weighted by atomic mass is 79.9. The zero-order chi connectivity index (χ0) is 13.9. The summed E-state index contributed by atoms with van der Waals surface area (Å²) < 4.78 is 1.12. The third kappa shape index (κ3) is 3.63. The molecule has 3 rings (SSSR count). The monoisotopic (exact) mass is 349 g/mol. The molecule has 1 aliphatic rings. The minimum atomic E-state index is 0.441. The van der Waals surface area contributed by atoms with Crippen molar-refractivity contribution in [3.63, 3.8) is 0 Å². The van der Waals surface area contributed by atoms with Crippen molar-refractivity contribution in [1.29, 1.82) is 0 Å². The summed E-state index contributed by atoms with van der Waals surface area (Å²) in [6.45, 7) is 0.900. The van der Waals surface area contributed by atoms with Crippen LogP contribution in [0.3, 0.4) is 0 Å². The van der Waals surface area contributed by atoms with E-state index in [9.17, 15) is 0 Å². The van der Waals surface area contributed by atoms with Crippen LogP contribution in [0.1, 0.15) is 30.0 Å². The normalized spacial score (nSPS) is 16.1. The molecule has 3 heteroatoms. The fraction of sp³-hybridized carbons (Fsp3) is 0.294. The first-order chi connectivity index (χ1) is 9.72. The van der Waals surface area contributed by atoms with Gasteiger partial charge in [0.1, 0.15) is 0 Å². The van der Waals surface area contributed by atoms with Gasteiger partial charge < -0.3 is 5.32 Å². The highest BCUT2D eigenvalue weighted by Gasteiger charge is 2.31. The van der Waals surface area contributed by atoms with E-state index in [0.29, 0.717) is 6.04 Å². The molecule has 0 heterocycles. The molecule has 1 N–H and O–H groups in total. The molecule has 1 saturated carbocycles. The number of nitrogens with one attached hydrogen (secondary N) is 1. The lowest BCUT2D eigenvalue weighted by Gasteiger charge is -2.19. The van der Waals surface area contributed by atoms with E-state index in [1.807, 2.05) is 12.1 Å². The van der Waals surface area contributed by atoms with Crippen LogP contribution in [0.15, 0.2) is 53.0 Å². The van der Waals surface area contributed by atoms with Gasteiger partial charge in [-0.25, -0.2) is 0 Å². The molecule has 104 valence electrons. The zero-order valence-corrected chi connectivity index (χ0v) is 13.5. The number of benzene rings is 2. The Morgan fingerprint density at radius 2 is 1.70 bits per heavy atom. The van der Waals surface area contributed by atoms with Crippen molar-refractivity contribution in [1.82, 2.24) is 5.32 Å². The smallest absolute Gasteiger partial charge is 0.0406 e. The number of hydrogen-bond donors (Lipinski definition) is 1. The summed E-state index contributed by atoms with van der Waals surface area (Å²) in [5.41, 5.74) is 2.65. The molecule has 2 aromatic rings. The molecule has 2 aromatic carbocycles. The Kier molecular flexibility index (Phi) is 4.45. The average molecular weight is 351 g/mol. The SMILES string of the molecule is Clc1ccc(C(NCc2ccc(Br)cc2)C2CC2)cc1. The summed E-state index contributed by atoms with van der Waals surface area (Å²) >= 11 is 9.44. The lowest BCUT2D eigenvalue weighted by Crippen LogP contribution is -2.22. The van der Waals surface area contributed by atoms with Crippen molar-refractivity contribution in [3.8, 4) is 0 Å². The van der Waals surface area contributed by atoms with Gasteiger partial charge in [-0.05, 0) is 54.2 Å². The van der Waals surface area contributed by atoms with Crippen molar-refractivity contribution in [3.05, 3.63) is 69.2 Å². The lowest BCUT2D eigenvalue weighted by molar-refractivity contribution is 0.480. The molecule has 0 amide bonds. The van der Waals surface area contributed by atoms with Gasteiger partial charge in [0.25, 0.3) is 0 Å². The number of rotatable bonds is 5. The molecular weight excluding hydrogens is 334 g/mol. The maximum Gasteiger partial charge on any atom is 0.0406 e. The van der Waals surface area contributed by atoms with Gasteiger partial charge in [0.05, 0.1) is 0 Å². The summed E-state index contributed by atoms with van der Waals surface area (Å²) in [5.74, 6) is 0.770. The minimum Gasteiger partial charge on any atom is -0.306 e. The Morgan fingerprint density at radius 1 is 1.05 bits per heavy atom. The number of halogens is 2. The topological polar surface area (TPSA) is 12.0 Å². The van der Waals surface area contributed by atoms with Gasteiger partial charge in [-0.2, -0.15) is 0 Å². The van der Waals surface area contributed by atoms with Crippen LogP contribution in [-0.4, -0.2) is 0 Å². The minimum absolute atomic E-state index is 0.441. The molecule has 0 spiro atoms. The second-order valence-corrected chi connectivity index (χ2v) is 6.73. The molecule has 1 fully saturated rings. The molecule has 0 aliphatic heterocycles. The van der Waals surface area contributed by atoms with Crippen LogP contribution in [0.5, 0.6) is 0 Å². The first kappa shape index (κ1) is 14.1. The van der Waals surface area contributed by atoms with Crippen molar-refractivity contribution in [2.75, 3.05) is 0 Å². The third-order valence-corrected chi connectivity index (χ3v) is 4.54. The molecule has 0 saturated heterocycles. The van der Waals surface area contributed by atoms with Crippen LogP contribution in [0, 0.1) is 5.92 Å². The summed E-state index contributed by atoms with van der Waals surface area (Å²) in [6, 6.07) is 17.2. The highest BCUT2D eigenvalue weighted by Crippen LogP contribution is 2.41. The van der Waals surface area contributed by atoms with Crippen LogP contribution in [0.4, 0.5) is 0 Å². The Morgan fingerprint density at radius 3 is 2.30 bits per heavy atom. The van der Waals surface area contributed by atoms with Gasteiger partial charge in [0.2, 0.25) is 0 Å². The molecule has 1 nitrogen and oxygen atoms in total. The van der Waals surface area contributed by atoms with Gasteiger partial charge in [0, 0.05) is 22.1 Å². The maximum atomic E-state index is 5.97. The van der Waals surface area contributed by atoms with Crippen LogP contribution in [0.2, 0.25) is 5.02 Å². The van der Waals surface area contributed by atoms with E-state index in [-0.39, 0.29) is 0 Å². The molecule has 20 heavy (non-hydrogen) atoms. The molecule has 1 aliphatic carbocycles. The Hall–Kier alpha value is -0.830. The van der Waals surface area contributed by atoms with Crippen molar-refractivity contribution >= 4 is 27.5 Å². The fourth-order valence-electron chi connectivity index (χ4n) is 2.49. The van der Waals surface area contributed by atoms with Gasteiger partial charge >= 0.3 is 0 Å². The van der Waals surface area contributed by atoms with Crippen LogP contribution in [0.25, 0.3) is 0 Å². The summed E-state index contributed by atoms with van der Waals surface area (Å²) in [6.07, 6.45) is 2.64. The highest BCUT2D eigenvalue weighted by molar-refractivity contribution is 9.10. The first-order valence-electron chi connectivity index (χ1n) is 6.95. The van der Waals surface area contributed by atoms with E-state index >= 15 is 0 Å². The third-order valence-electron chi connectivity index (χ3n) is 3.76. The second kappa shape index (κ2) is 6.30. The Bertz CT molecular complexity index is 561. The molecular formula is C17H17BrClN. The Labute approximate surface area is 133 Å². The van der Waals surface area contributed by atoms with E-state index in [0.717, 1.165) is 22.0 Å². The molecule has 0 bridgehead atoms. The van der Waals surface area contributed by atoms with E-state index in [1.165, 1.54) is 24.0 Å². The second-order valence-electron chi connectivity index (χ2n) is 5.37. The van der Waals surface area contributed by atoms with Crippen molar-refractivity contribution in [2.45, 2.75) is 25.4 Å². The number of hydrogen-bond acceptors (Lipinski definition) is 1. The van der Waals surface area contributed by atoms with Crippen molar-refractivity contribution < 1.29 is 0 Å². The van der Waals surface area contributed by atoms with Gasteiger partial charge in [0.15, 0.2) is 0 Å². The zero-order valence-electron chi connectivity index (χ0n) is 11.2. The van der Waals surface area contributed by atoms with Gasteiger partial charge in [-0.1, -0.05) is 51.8 Å². The van der Waals surface area contributed by atoms with E-state index in [1.54, 1.807) is 0 Å². The summed E-state index contributed by atoms with van der Waals surface area (Å²) in [4.78, 5) is 0. The van der Waals surface area contributed by atoms with Crippen LogP contribution < -0.4 is 5.32 Å². The predicted octanol–water partition coefficient (Wildman–Crippen LogP) is 5.34. The predicted molar refractivity (Wildman–Crippen MR) is 87.9 cm³/mol. The Balaban J connectivity index is 1.68.